The highest BCUT2D eigenvalue weighted by molar-refractivity contribution is 5.65. The standard InChI is InChI=1S/C8H15N3O2/c9-6-3-7-5-11(8(12)13)2-1-10(7)4-6/h6-7H,1-5,9H2,(H,12,13). The van der Waals surface area contributed by atoms with E-state index < -0.39 is 6.09 Å². The minimum absolute atomic E-state index is 0.235. The quantitative estimate of drug-likeness (QED) is 0.528. The highest BCUT2D eigenvalue weighted by atomic mass is 16.4. The number of amides is 1. The first-order valence-corrected chi connectivity index (χ1v) is 4.64. The third-order valence-electron chi connectivity index (χ3n) is 2.92. The number of fused-ring (bicyclic) bond motifs is 1. The van der Waals surface area contributed by atoms with Crippen LogP contribution in [0.5, 0.6) is 0 Å². The average Bonchev–Trinajstić information content (AvgIpc) is 2.42. The molecule has 0 aromatic carbocycles. The highest BCUT2D eigenvalue weighted by Crippen LogP contribution is 2.20. The van der Waals surface area contributed by atoms with Crippen molar-refractivity contribution in [3.63, 3.8) is 0 Å². The fraction of sp³-hybridized carbons (Fsp3) is 0.875. The van der Waals surface area contributed by atoms with Gasteiger partial charge >= 0.3 is 6.09 Å². The molecule has 2 rings (SSSR count). The van der Waals surface area contributed by atoms with Crippen LogP contribution in [-0.4, -0.2) is 59.3 Å². The van der Waals surface area contributed by atoms with Crippen molar-refractivity contribution >= 4 is 6.09 Å². The second-order valence-electron chi connectivity index (χ2n) is 3.87. The Morgan fingerprint density at radius 1 is 1.38 bits per heavy atom. The van der Waals surface area contributed by atoms with Crippen LogP contribution in [0, 0.1) is 0 Å². The van der Waals surface area contributed by atoms with Crippen molar-refractivity contribution in [2.24, 2.45) is 5.73 Å². The Morgan fingerprint density at radius 3 is 2.85 bits per heavy atom. The largest absolute Gasteiger partial charge is 0.465 e. The van der Waals surface area contributed by atoms with E-state index in [1.165, 1.54) is 4.90 Å². The Hall–Kier alpha value is -0.810. The van der Waals surface area contributed by atoms with Crippen LogP contribution < -0.4 is 5.73 Å². The molecule has 5 nitrogen and oxygen atoms in total. The zero-order chi connectivity index (χ0) is 9.42. The molecule has 13 heavy (non-hydrogen) atoms. The van der Waals surface area contributed by atoms with Crippen molar-refractivity contribution in [1.82, 2.24) is 9.80 Å². The van der Waals surface area contributed by atoms with Gasteiger partial charge in [-0.1, -0.05) is 0 Å². The SMILES string of the molecule is NC1CC2CN(C(=O)O)CCN2C1. The van der Waals surface area contributed by atoms with E-state index in [9.17, 15) is 4.79 Å². The molecule has 0 bridgehead atoms. The fourth-order valence-electron chi connectivity index (χ4n) is 2.26. The van der Waals surface area contributed by atoms with Gasteiger partial charge in [-0.05, 0) is 6.42 Å². The first-order chi connectivity index (χ1) is 6.16. The summed E-state index contributed by atoms with van der Waals surface area (Å²) in [4.78, 5) is 14.5. The van der Waals surface area contributed by atoms with E-state index in [1.54, 1.807) is 0 Å². The van der Waals surface area contributed by atoms with E-state index in [0.717, 1.165) is 19.5 Å². The molecule has 2 fully saturated rings. The van der Waals surface area contributed by atoms with E-state index in [0.29, 0.717) is 19.1 Å². The summed E-state index contributed by atoms with van der Waals surface area (Å²) in [7, 11) is 0. The van der Waals surface area contributed by atoms with Crippen LogP contribution in [0.1, 0.15) is 6.42 Å². The third-order valence-corrected chi connectivity index (χ3v) is 2.92. The zero-order valence-electron chi connectivity index (χ0n) is 7.52. The van der Waals surface area contributed by atoms with Gasteiger partial charge in [0.25, 0.3) is 0 Å². The summed E-state index contributed by atoms with van der Waals surface area (Å²) in [6, 6.07) is 0.596. The van der Waals surface area contributed by atoms with Gasteiger partial charge in [-0.15, -0.1) is 0 Å². The molecule has 0 radical (unpaired) electrons. The molecule has 0 saturated carbocycles. The molecule has 0 aromatic heterocycles. The number of hydrogen-bond acceptors (Lipinski definition) is 3. The Morgan fingerprint density at radius 2 is 2.15 bits per heavy atom. The summed E-state index contributed by atoms with van der Waals surface area (Å²) in [5.74, 6) is 0. The van der Waals surface area contributed by atoms with Crippen LogP contribution in [0.25, 0.3) is 0 Å². The monoisotopic (exact) mass is 185 g/mol. The van der Waals surface area contributed by atoms with Crippen LogP contribution >= 0.6 is 0 Å². The lowest BCUT2D eigenvalue weighted by atomic mass is 10.1. The predicted octanol–water partition coefficient (Wildman–Crippen LogP) is -0.618. The van der Waals surface area contributed by atoms with Crippen molar-refractivity contribution in [1.29, 1.82) is 0 Å². The van der Waals surface area contributed by atoms with E-state index in [-0.39, 0.29) is 6.04 Å². The molecule has 2 saturated heterocycles. The molecule has 2 atom stereocenters. The maximum atomic E-state index is 10.7. The van der Waals surface area contributed by atoms with Gasteiger partial charge in [-0.3, -0.25) is 4.90 Å². The topological polar surface area (TPSA) is 69.8 Å². The molecule has 2 aliphatic heterocycles. The van der Waals surface area contributed by atoms with Gasteiger partial charge in [0.1, 0.15) is 0 Å². The molecule has 0 aromatic rings. The fourth-order valence-corrected chi connectivity index (χ4v) is 2.26. The van der Waals surface area contributed by atoms with Crippen LogP contribution in [0.15, 0.2) is 0 Å². The molecule has 5 heteroatoms. The summed E-state index contributed by atoms with van der Waals surface area (Å²) >= 11 is 0. The van der Waals surface area contributed by atoms with Gasteiger partial charge in [-0.2, -0.15) is 0 Å². The molecule has 2 heterocycles. The van der Waals surface area contributed by atoms with Crippen LogP contribution in [0.3, 0.4) is 0 Å². The molecule has 0 spiro atoms. The summed E-state index contributed by atoms with van der Waals surface area (Å²) in [5, 5.41) is 8.80. The predicted molar refractivity (Wildman–Crippen MR) is 47.6 cm³/mol. The van der Waals surface area contributed by atoms with Crippen molar-refractivity contribution in [3.05, 3.63) is 0 Å². The molecule has 1 amide bonds. The van der Waals surface area contributed by atoms with E-state index >= 15 is 0 Å². The Bertz CT molecular complexity index is 221. The maximum Gasteiger partial charge on any atom is 0.407 e. The van der Waals surface area contributed by atoms with Crippen molar-refractivity contribution in [2.75, 3.05) is 26.2 Å². The van der Waals surface area contributed by atoms with Gasteiger partial charge in [0.2, 0.25) is 0 Å². The molecular weight excluding hydrogens is 170 g/mol. The van der Waals surface area contributed by atoms with E-state index in [2.05, 4.69) is 4.90 Å². The lowest BCUT2D eigenvalue weighted by molar-refractivity contribution is 0.0889. The summed E-state index contributed by atoms with van der Waals surface area (Å²) in [6.45, 7) is 3.02. The number of hydrogen-bond donors (Lipinski definition) is 2. The van der Waals surface area contributed by atoms with E-state index in [1.807, 2.05) is 0 Å². The first kappa shape index (κ1) is 8.77. The second-order valence-corrected chi connectivity index (χ2v) is 3.87. The van der Waals surface area contributed by atoms with Gasteiger partial charge in [0.05, 0.1) is 0 Å². The number of piperazine rings is 1. The number of nitrogens with two attached hydrogens (primary N) is 1. The summed E-state index contributed by atoms with van der Waals surface area (Å²) in [6.07, 6.45) is 0.129. The van der Waals surface area contributed by atoms with Gasteiger partial charge < -0.3 is 15.7 Å². The summed E-state index contributed by atoms with van der Waals surface area (Å²) in [5.41, 5.74) is 5.81. The van der Waals surface area contributed by atoms with Crippen LogP contribution in [-0.2, 0) is 0 Å². The Kier molecular flexibility index (Phi) is 2.13. The molecule has 74 valence electrons. The lowest BCUT2D eigenvalue weighted by Crippen LogP contribution is -2.51. The molecule has 3 N–H and O–H groups in total. The van der Waals surface area contributed by atoms with Crippen molar-refractivity contribution in [2.45, 2.75) is 18.5 Å². The molecular formula is C8H15N3O2. The molecule has 0 aliphatic carbocycles. The minimum atomic E-state index is -0.805. The van der Waals surface area contributed by atoms with Gasteiger partial charge in [0, 0.05) is 38.3 Å². The number of carboxylic acid groups (broad SMARTS) is 1. The number of nitrogens with zero attached hydrogens (tertiary/aromatic N) is 2. The third kappa shape index (κ3) is 1.62. The second kappa shape index (κ2) is 3.16. The Labute approximate surface area is 77.1 Å². The van der Waals surface area contributed by atoms with Gasteiger partial charge in [-0.25, -0.2) is 4.79 Å². The van der Waals surface area contributed by atoms with Gasteiger partial charge in [0.15, 0.2) is 0 Å². The highest BCUT2D eigenvalue weighted by Gasteiger charge is 2.35. The van der Waals surface area contributed by atoms with Crippen molar-refractivity contribution in [3.8, 4) is 0 Å². The normalized spacial score (nSPS) is 34.7. The molecule has 2 unspecified atom stereocenters. The lowest BCUT2D eigenvalue weighted by Gasteiger charge is -2.35. The number of rotatable bonds is 0. The minimum Gasteiger partial charge on any atom is -0.465 e. The zero-order valence-corrected chi connectivity index (χ0v) is 7.52. The first-order valence-electron chi connectivity index (χ1n) is 4.64. The number of carbonyl (C=O) groups is 1. The average molecular weight is 185 g/mol. The smallest absolute Gasteiger partial charge is 0.407 e. The van der Waals surface area contributed by atoms with E-state index in [4.69, 9.17) is 10.8 Å². The van der Waals surface area contributed by atoms with Crippen LogP contribution in [0.2, 0.25) is 0 Å². The Balaban J connectivity index is 1.97. The molecule has 2 aliphatic rings. The summed E-state index contributed by atoms with van der Waals surface area (Å²) < 4.78 is 0. The van der Waals surface area contributed by atoms with Crippen molar-refractivity contribution < 1.29 is 9.90 Å². The maximum absolute atomic E-state index is 10.7. The van der Waals surface area contributed by atoms with Crippen LogP contribution in [0.4, 0.5) is 4.79 Å².